The maximum atomic E-state index is 6.00. The SMILES string of the molecule is CCCCCCN=CC(N)Cc1ccc(Cl)cc1.Cl.Cl. The number of nitrogens with zero attached hydrogens (tertiary/aromatic N) is 1. The lowest BCUT2D eigenvalue weighted by atomic mass is 10.1. The monoisotopic (exact) mass is 338 g/mol. The van der Waals surface area contributed by atoms with Gasteiger partial charge in [0, 0.05) is 23.8 Å². The molecule has 0 fully saturated rings. The molecule has 1 atom stereocenters. The lowest BCUT2D eigenvalue weighted by Gasteiger charge is -2.06. The van der Waals surface area contributed by atoms with Crippen molar-refractivity contribution >= 4 is 42.6 Å². The first kappa shape index (κ1) is 22.0. The first-order valence-electron chi connectivity index (χ1n) is 6.72. The van der Waals surface area contributed by atoms with Gasteiger partial charge in [-0.3, -0.25) is 4.99 Å². The Kier molecular flexibility index (Phi) is 15.1. The third kappa shape index (κ3) is 10.5. The Morgan fingerprint density at radius 3 is 2.40 bits per heavy atom. The van der Waals surface area contributed by atoms with Crippen LogP contribution in [-0.2, 0) is 6.42 Å². The molecule has 5 heteroatoms. The van der Waals surface area contributed by atoms with Gasteiger partial charge in [-0.05, 0) is 30.5 Å². The molecule has 0 bridgehead atoms. The third-order valence-electron chi connectivity index (χ3n) is 2.82. The van der Waals surface area contributed by atoms with Crippen molar-refractivity contribution in [2.45, 2.75) is 45.1 Å². The van der Waals surface area contributed by atoms with E-state index in [0.717, 1.165) is 24.4 Å². The quantitative estimate of drug-likeness (QED) is 0.541. The largest absolute Gasteiger partial charge is 0.323 e. The van der Waals surface area contributed by atoms with Crippen LogP contribution in [0.25, 0.3) is 0 Å². The van der Waals surface area contributed by atoms with E-state index < -0.39 is 0 Å². The lowest BCUT2D eigenvalue weighted by molar-refractivity contribution is 0.674. The molecule has 116 valence electrons. The fourth-order valence-corrected chi connectivity index (χ4v) is 1.91. The molecule has 0 aromatic heterocycles. The van der Waals surface area contributed by atoms with Gasteiger partial charge in [0.05, 0.1) is 0 Å². The Morgan fingerprint density at radius 2 is 1.80 bits per heavy atom. The molecule has 1 aromatic carbocycles. The molecule has 0 spiro atoms. The van der Waals surface area contributed by atoms with Gasteiger partial charge >= 0.3 is 0 Å². The van der Waals surface area contributed by atoms with Crippen molar-refractivity contribution in [1.82, 2.24) is 0 Å². The second-order valence-corrected chi connectivity index (χ2v) is 5.05. The summed E-state index contributed by atoms with van der Waals surface area (Å²) < 4.78 is 0. The zero-order valence-corrected chi connectivity index (χ0v) is 14.3. The number of rotatable bonds is 8. The van der Waals surface area contributed by atoms with Crippen molar-refractivity contribution in [3.63, 3.8) is 0 Å². The van der Waals surface area contributed by atoms with Crippen LogP contribution in [0.1, 0.15) is 38.2 Å². The minimum atomic E-state index is -0.00245. The summed E-state index contributed by atoms with van der Waals surface area (Å²) in [4.78, 5) is 4.38. The molecule has 0 amide bonds. The van der Waals surface area contributed by atoms with E-state index in [4.69, 9.17) is 17.3 Å². The molecule has 1 unspecified atom stereocenters. The number of hydrogen-bond acceptors (Lipinski definition) is 2. The Bertz CT molecular complexity index is 353. The maximum Gasteiger partial charge on any atom is 0.0435 e. The third-order valence-corrected chi connectivity index (χ3v) is 3.07. The van der Waals surface area contributed by atoms with Crippen LogP contribution in [0.15, 0.2) is 29.3 Å². The normalized spacial score (nSPS) is 11.8. The van der Waals surface area contributed by atoms with Crippen LogP contribution in [-0.4, -0.2) is 18.8 Å². The van der Waals surface area contributed by atoms with Crippen LogP contribution in [0.3, 0.4) is 0 Å². The van der Waals surface area contributed by atoms with E-state index >= 15 is 0 Å². The average Bonchev–Trinajstić information content (AvgIpc) is 2.36. The highest BCUT2D eigenvalue weighted by atomic mass is 35.5. The molecule has 0 heterocycles. The van der Waals surface area contributed by atoms with E-state index in [1.165, 1.54) is 24.8 Å². The summed E-state index contributed by atoms with van der Waals surface area (Å²) in [6, 6.07) is 7.81. The summed E-state index contributed by atoms with van der Waals surface area (Å²) in [7, 11) is 0. The highest BCUT2D eigenvalue weighted by Crippen LogP contribution is 2.10. The summed E-state index contributed by atoms with van der Waals surface area (Å²) in [5, 5.41) is 0.761. The first-order chi connectivity index (χ1) is 8.72. The van der Waals surface area contributed by atoms with Gasteiger partial charge in [-0.15, -0.1) is 24.8 Å². The average molecular weight is 340 g/mol. The highest BCUT2D eigenvalue weighted by Gasteiger charge is 2.00. The van der Waals surface area contributed by atoms with E-state index in [1.54, 1.807) is 0 Å². The molecule has 0 aliphatic heterocycles. The van der Waals surface area contributed by atoms with Gasteiger partial charge in [0.1, 0.15) is 0 Å². The smallest absolute Gasteiger partial charge is 0.0435 e. The van der Waals surface area contributed by atoms with Gasteiger partial charge in [0.25, 0.3) is 0 Å². The van der Waals surface area contributed by atoms with Gasteiger partial charge in [-0.2, -0.15) is 0 Å². The second kappa shape index (κ2) is 13.7. The zero-order chi connectivity index (χ0) is 13.2. The minimum absolute atomic E-state index is 0. The Morgan fingerprint density at radius 1 is 1.15 bits per heavy atom. The summed E-state index contributed by atoms with van der Waals surface area (Å²) in [5.41, 5.74) is 7.20. The number of hydrogen-bond donors (Lipinski definition) is 1. The van der Waals surface area contributed by atoms with Crippen LogP contribution in [0, 0.1) is 0 Å². The molecule has 0 aliphatic carbocycles. The Labute approximate surface area is 140 Å². The van der Waals surface area contributed by atoms with Crippen molar-refractivity contribution in [2.75, 3.05) is 6.54 Å². The fourth-order valence-electron chi connectivity index (χ4n) is 1.79. The molecule has 0 saturated carbocycles. The Balaban J connectivity index is 0. The molecule has 1 aromatic rings. The molecule has 2 nitrogen and oxygen atoms in total. The summed E-state index contributed by atoms with van der Waals surface area (Å²) in [5.74, 6) is 0. The van der Waals surface area contributed by atoms with E-state index in [-0.39, 0.29) is 30.9 Å². The standard InChI is InChI=1S/C15H23ClN2.2ClH/c1-2-3-4-5-10-18-12-15(17)11-13-6-8-14(16)9-7-13;;/h6-9,12,15H,2-5,10-11,17H2,1H3;2*1H. The lowest BCUT2D eigenvalue weighted by Crippen LogP contribution is -2.24. The Hall–Kier alpha value is -0.280. The predicted octanol–water partition coefficient (Wildman–Crippen LogP) is 4.70. The number of benzene rings is 1. The van der Waals surface area contributed by atoms with Crippen molar-refractivity contribution < 1.29 is 0 Å². The molecular weight excluding hydrogens is 315 g/mol. The molecular formula is C15H25Cl3N2. The van der Waals surface area contributed by atoms with Crippen LogP contribution in [0.4, 0.5) is 0 Å². The molecule has 2 N–H and O–H groups in total. The van der Waals surface area contributed by atoms with Crippen LogP contribution < -0.4 is 5.73 Å². The summed E-state index contributed by atoms with van der Waals surface area (Å²) >= 11 is 5.83. The van der Waals surface area contributed by atoms with E-state index in [0.29, 0.717) is 0 Å². The van der Waals surface area contributed by atoms with Crippen LogP contribution in [0.5, 0.6) is 0 Å². The fraction of sp³-hybridized carbons (Fsp3) is 0.533. The van der Waals surface area contributed by atoms with Gasteiger partial charge < -0.3 is 5.73 Å². The van der Waals surface area contributed by atoms with Crippen molar-refractivity contribution in [3.8, 4) is 0 Å². The summed E-state index contributed by atoms with van der Waals surface area (Å²) in [6.45, 7) is 3.11. The van der Waals surface area contributed by atoms with Crippen LogP contribution >= 0.6 is 36.4 Å². The first-order valence-corrected chi connectivity index (χ1v) is 7.10. The summed E-state index contributed by atoms with van der Waals surface area (Å²) in [6.07, 6.45) is 7.68. The number of unbranched alkanes of at least 4 members (excludes halogenated alkanes) is 3. The van der Waals surface area contributed by atoms with E-state index in [2.05, 4.69) is 11.9 Å². The maximum absolute atomic E-state index is 6.00. The molecule has 0 saturated heterocycles. The van der Waals surface area contributed by atoms with Gasteiger partial charge in [0.2, 0.25) is 0 Å². The molecule has 0 aliphatic rings. The second-order valence-electron chi connectivity index (χ2n) is 4.61. The topological polar surface area (TPSA) is 38.4 Å². The van der Waals surface area contributed by atoms with E-state index in [1.807, 2.05) is 30.5 Å². The van der Waals surface area contributed by atoms with Gasteiger partial charge in [-0.1, -0.05) is 49.9 Å². The van der Waals surface area contributed by atoms with E-state index in [9.17, 15) is 0 Å². The number of aliphatic imine (C=N–C) groups is 1. The van der Waals surface area contributed by atoms with Crippen LogP contribution in [0.2, 0.25) is 5.02 Å². The number of halogens is 3. The van der Waals surface area contributed by atoms with Gasteiger partial charge in [-0.25, -0.2) is 0 Å². The van der Waals surface area contributed by atoms with Crippen molar-refractivity contribution in [3.05, 3.63) is 34.9 Å². The van der Waals surface area contributed by atoms with Crippen molar-refractivity contribution in [1.29, 1.82) is 0 Å². The van der Waals surface area contributed by atoms with Crippen molar-refractivity contribution in [2.24, 2.45) is 10.7 Å². The molecule has 0 radical (unpaired) electrons. The molecule has 20 heavy (non-hydrogen) atoms. The minimum Gasteiger partial charge on any atom is -0.323 e. The number of nitrogens with two attached hydrogens (primary N) is 1. The molecule has 1 rings (SSSR count). The highest BCUT2D eigenvalue weighted by molar-refractivity contribution is 6.30. The van der Waals surface area contributed by atoms with Gasteiger partial charge in [0.15, 0.2) is 0 Å². The zero-order valence-electron chi connectivity index (χ0n) is 11.9. The predicted molar refractivity (Wildman–Crippen MR) is 95.1 cm³/mol.